The van der Waals surface area contributed by atoms with E-state index < -0.39 is 17.7 Å². The summed E-state index contributed by atoms with van der Waals surface area (Å²) in [6.45, 7) is 4.44. The first kappa shape index (κ1) is 21.6. The number of hydrogen-bond donors (Lipinski definition) is 1. The minimum atomic E-state index is -0.746. The molecule has 3 rings (SSSR count). The van der Waals surface area contributed by atoms with Crippen LogP contribution in [-0.2, 0) is 14.3 Å². The number of ketones is 1. The van der Waals surface area contributed by atoms with Crippen LogP contribution in [0.25, 0.3) is 5.76 Å². The van der Waals surface area contributed by atoms with E-state index in [1.54, 1.807) is 54.6 Å². The van der Waals surface area contributed by atoms with Gasteiger partial charge in [-0.25, -0.2) is 0 Å². The van der Waals surface area contributed by atoms with Crippen LogP contribution in [-0.4, -0.2) is 48.6 Å². The monoisotopic (exact) mass is 427 g/mol. The van der Waals surface area contributed by atoms with E-state index in [2.05, 4.69) is 6.58 Å². The van der Waals surface area contributed by atoms with Crippen molar-refractivity contribution in [3.8, 4) is 5.75 Å². The van der Waals surface area contributed by atoms with Crippen molar-refractivity contribution < 1.29 is 24.2 Å². The first-order valence-electron chi connectivity index (χ1n) is 9.35. The maximum Gasteiger partial charge on any atom is 0.295 e. The average Bonchev–Trinajstić information content (AvgIpc) is 3.01. The van der Waals surface area contributed by atoms with E-state index in [-0.39, 0.29) is 24.5 Å². The van der Waals surface area contributed by atoms with E-state index in [1.165, 1.54) is 12.0 Å². The SMILES string of the molecule is C=CCOc1ccc(C2C(=C(O)c3ccc(Cl)cc3)C(=O)C(=O)N2CCOC)cc1. The van der Waals surface area contributed by atoms with Gasteiger partial charge in [-0.15, -0.1) is 0 Å². The summed E-state index contributed by atoms with van der Waals surface area (Å²) in [5.74, 6) is -1.04. The number of carbonyl (C=O) groups excluding carboxylic acids is 2. The summed E-state index contributed by atoms with van der Waals surface area (Å²) in [6.07, 6.45) is 1.64. The number of carbonyl (C=O) groups is 2. The Morgan fingerprint density at radius 1 is 1.17 bits per heavy atom. The number of rotatable bonds is 8. The zero-order valence-electron chi connectivity index (χ0n) is 16.5. The van der Waals surface area contributed by atoms with Crippen LogP contribution in [0.1, 0.15) is 17.2 Å². The van der Waals surface area contributed by atoms with Crippen LogP contribution in [0.3, 0.4) is 0 Å². The fourth-order valence-electron chi connectivity index (χ4n) is 3.31. The molecule has 1 saturated heterocycles. The Labute approximate surface area is 180 Å². The summed E-state index contributed by atoms with van der Waals surface area (Å²) in [5, 5.41) is 11.4. The molecule has 1 aliphatic heterocycles. The second kappa shape index (κ2) is 9.61. The predicted octanol–water partition coefficient (Wildman–Crippen LogP) is 3.97. The highest BCUT2D eigenvalue weighted by Gasteiger charge is 2.45. The van der Waals surface area contributed by atoms with Crippen LogP contribution < -0.4 is 4.74 Å². The molecule has 1 unspecified atom stereocenters. The third-order valence-electron chi connectivity index (χ3n) is 4.76. The first-order valence-corrected chi connectivity index (χ1v) is 9.72. The molecule has 1 atom stereocenters. The van der Waals surface area contributed by atoms with Crippen molar-refractivity contribution in [2.24, 2.45) is 0 Å². The maximum absolute atomic E-state index is 12.8. The number of benzene rings is 2. The molecule has 1 N–H and O–H groups in total. The minimum absolute atomic E-state index is 0.0261. The summed E-state index contributed by atoms with van der Waals surface area (Å²) in [6, 6.07) is 12.7. The molecule has 0 aliphatic carbocycles. The highest BCUT2D eigenvalue weighted by atomic mass is 35.5. The topological polar surface area (TPSA) is 76.1 Å². The van der Waals surface area contributed by atoms with Gasteiger partial charge in [0.15, 0.2) is 0 Å². The molecule has 0 radical (unpaired) electrons. The second-order valence-electron chi connectivity index (χ2n) is 6.66. The van der Waals surface area contributed by atoms with E-state index in [9.17, 15) is 14.7 Å². The van der Waals surface area contributed by atoms with Gasteiger partial charge in [0.1, 0.15) is 18.1 Å². The minimum Gasteiger partial charge on any atom is -0.507 e. The number of ether oxygens (including phenoxy) is 2. The Morgan fingerprint density at radius 3 is 2.43 bits per heavy atom. The number of nitrogens with zero attached hydrogens (tertiary/aromatic N) is 1. The van der Waals surface area contributed by atoms with E-state index >= 15 is 0 Å². The Bertz CT molecular complexity index is 966. The molecule has 0 saturated carbocycles. The number of halogens is 1. The van der Waals surface area contributed by atoms with Crippen LogP contribution in [0, 0.1) is 0 Å². The maximum atomic E-state index is 12.8. The van der Waals surface area contributed by atoms with Gasteiger partial charge in [-0.3, -0.25) is 9.59 Å². The molecule has 0 aromatic heterocycles. The normalized spacial score (nSPS) is 17.9. The lowest BCUT2D eigenvalue weighted by atomic mass is 9.95. The van der Waals surface area contributed by atoms with Gasteiger partial charge in [0.25, 0.3) is 11.7 Å². The van der Waals surface area contributed by atoms with Gasteiger partial charge in [-0.05, 0) is 42.0 Å². The number of likely N-dealkylation sites (tertiary alicyclic amines) is 1. The summed E-state index contributed by atoms with van der Waals surface area (Å²) < 4.78 is 10.6. The standard InChI is InChI=1S/C23H22ClNO5/c1-3-13-30-18-10-6-15(7-11-18)20-19(21(26)16-4-8-17(24)9-5-16)22(27)23(28)25(20)12-14-29-2/h3-11,20,26H,1,12-14H2,2H3. The van der Waals surface area contributed by atoms with Crippen molar-refractivity contribution in [2.45, 2.75) is 6.04 Å². The molecule has 1 amide bonds. The Morgan fingerprint density at radius 2 is 1.83 bits per heavy atom. The largest absolute Gasteiger partial charge is 0.507 e. The smallest absolute Gasteiger partial charge is 0.295 e. The van der Waals surface area contributed by atoms with Crippen molar-refractivity contribution in [3.63, 3.8) is 0 Å². The van der Waals surface area contributed by atoms with Crippen molar-refractivity contribution in [1.82, 2.24) is 4.90 Å². The predicted molar refractivity (Wildman–Crippen MR) is 114 cm³/mol. The highest BCUT2D eigenvalue weighted by Crippen LogP contribution is 2.39. The molecule has 7 heteroatoms. The van der Waals surface area contributed by atoms with E-state index in [1.807, 2.05) is 0 Å². The van der Waals surface area contributed by atoms with Gasteiger partial charge < -0.3 is 19.5 Å². The molecule has 0 bridgehead atoms. The summed E-state index contributed by atoms with van der Waals surface area (Å²) in [7, 11) is 1.52. The lowest BCUT2D eigenvalue weighted by Crippen LogP contribution is -2.32. The Kier molecular flexibility index (Phi) is 6.92. The summed E-state index contributed by atoms with van der Waals surface area (Å²) in [4.78, 5) is 27.0. The lowest BCUT2D eigenvalue weighted by Gasteiger charge is -2.25. The van der Waals surface area contributed by atoms with Crippen molar-refractivity contribution in [1.29, 1.82) is 0 Å². The summed E-state index contributed by atoms with van der Waals surface area (Å²) in [5.41, 5.74) is 1.10. The Hall–Kier alpha value is -3.09. The zero-order valence-corrected chi connectivity index (χ0v) is 17.3. The van der Waals surface area contributed by atoms with Crippen LogP contribution in [0.15, 0.2) is 66.8 Å². The number of Topliss-reactive ketones (excluding diaryl/α,β-unsaturated/α-hetero) is 1. The molecule has 1 heterocycles. The second-order valence-corrected chi connectivity index (χ2v) is 7.10. The first-order chi connectivity index (χ1) is 14.5. The number of amides is 1. The fraction of sp³-hybridized carbons (Fsp3) is 0.217. The van der Waals surface area contributed by atoms with E-state index in [4.69, 9.17) is 21.1 Å². The van der Waals surface area contributed by atoms with Crippen LogP contribution in [0.2, 0.25) is 5.02 Å². The van der Waals surface area contributed by atoms with Gasteiger partial charge in [0, 0.05) is 24.2 Å². The number of hydrogen-bond acceptors (Lipinski definition) is 5. The zero-order chi connectivity index (χ0) is 21.7. The molecule has 156 valence electrons. The lowest BCUT2D eigenvalue weighted by molar-refractivity contribution is -0.140. The molecule has 2 aromatic rings. The van der Waals surface area contributed by atoms with Crippen molar-refractivity contribution >= 4 is 29.1 Å². The fourth-order valence-corrected chi connectivity index (χ4v) is 3.44. The van der Waals surface area contributed by atoms with Gasteiger partial charge >= 0.3 is 0 Å². The average molecular weight is 428 g/mol. The Balaban J connectivity index is 2.07. The molecule has 2 aromatic carbocycles. The molecule has 1 aliphatic rings. The number of methoxy groups -OCH3 is 1. The van der Waals surface area contributed by atoms with E-state index in [0.29, 0.717) is 28.5 Å². The van der Waals surface area contributed by atoms with Gasteiger partial charge in [-0.1, -0.05) is 36.4 Å². The molecule has 6 nitrogen and oxygen atoms in total. The van der Waals surface area contributed by atoms with Gasteiger partial charge in [0.05, 0.1) is 18.2 Å². The van der Waals surface area contributed by atoms with E-state index in [0.717, 1.165) is 0 Å². The quantitative estimate of drug-likeness (QED) is 0.298. The molecule has 1 fully saturated rings. The number of aliphatic hydroxyl groups excluding tert-OH is 1. The van der Waals surface area contributed by atoms with Crippen LogP contribution in [0.5, 0.6) is 5.75 Å². The van der Waals surface area contributed by atoms with Crippen LogP contribution >= 0.6 is 11.6 Å². The van der Waals surface area contributed by atoms with Crippen LogP contribution in [0.4, 0.5) is 0 Å². The molecule has 0 spiro atoms. The molecule has 30 heavy (non-hydrogen) atoms. The third kappa shape index (κ3) is 4.40. The van der Waals surface area contributed by atoms with Crippen molar-refractivity contribution in [2.75, 3.05) is 26.9 Å². The van der Waals surface area contributed by atoms with Gasteiger partial charge in [-0.2, -0.15) is 0 Å². The molecular weight excluding hydrogens is 406 g/mol. The molecular formula is C23H22ClNO5. The van der Waals surface area contributed by atoms with Gasteiger partial charge in [0.2, 0.25) is 0 Å². The van der Waals surface area contributed by atoms with Crippen molar-refractivity contribution in [3.05, 3.63) is 82.9 Å². The third-order valence-corrected chi connectivity index (χ3v) is 5.01. The number of aliphatic hydroxyl groups is 1. The summed E-state index contributed by atoms with van der Waals surface area (Å²) >= 11 is 5.92. The highest BCUT2D eigenvalue weighted by molar-refractivity contribution is 6.46.